The van der Waals surface area contributed by atoms with Crippen LogP contribution in [-0.2, 0) is 14.1 Å². The van der Waals surface area contributed by atoms with E-state index in [1.165, 1.54) is 19.2 Å². The zero-order valence-corrected chi connectivity index (χ0v) is 22.1. The van der Waals surface area contributed by atoms with Crippen LogP contribution < -0.4 is 11.0 Å². The Hall–Kier alpha value is -4.50. The van der Waals surface area contributed by atoms with Gasteiger partial charge in [-0.25, -0.2) is 14.2 Å². The van der Waals surface area contributed by atoms with Crippen molar-refractivity contribution >= 4 is 39.3 Å². The van der Waals surface area contributed by atoms with E-state index in [1.54, 1.807) is 40.6 Å². The number of nitrogens with one attached hydrogen (secondary N) is 1. The van der Waals surface area contributed by atoms with Crippen LogP contribution in [0.3, 0.4) is 0 Å². The van der Waals surface area contributed by atoms with Gasteiger partial charge in [-0.1, -0.05) is 12.1 Å². The lowest BCUT2D eigenvalue weighted by molar-refractivity contribution is 0.0959. The highest BCUT2D eigenvalue weighted by molar-refractivity contribution is 7.10. The van der Waals surface area contributed by atoms with E-state index in [0.29, 0.717) is 5.56 Å². The van der Waals surface area contributed by atoms with E-state index < -0.39 is 11.7 Å². The summed E-state index contributed by atoms with van der Waals surface area (Å²) in [5.74, 6) is -0.256. The maximum Gasteiger partial charge on any atom is 0.328 e. The first kappa shape index (κ1) is 23.9. The summed E-state index contributed by atoms with van der Waals surface area (Å²) >= 11 is 1.65. The summed E-state index contributed by atoms with van der Waals surface area (Å²) in [6.45, 7) is 2.07. The summed E-state index contributed by atoms with van der Waals surface area (Å²) < 4.78 is 20.1. The van der Waals surface area contributed by atoms with Crippen molar-refractivity contribution in [2.24, 2.45) is 14.1 Å². The van der Waals surface area contributed by atoms with E-state index in [0.717, 1.165) is 49.6 Å². The van der Waals surface area contributed by atoms with Gasteiger partial charge >= 0.3 is 5.69 Å². The first-order valence-corrected chi connectivity index (χ1v) is 12.9. The van der Waals surface area contributed by atoms with Crippen LogP contribution in [0.5, 0.6) is 0 Å². The van der Waals surface area contributed by atoms with Crippen molar-refractivity contribution in [2.45, 2.75) is 6.92 Å². The predicted molar refractivity (Wildman–Crippen MR) is 150 cm³/mol. The van der Waals surface area contributed by atoms with Crippen molar-refractivity contribution in [1.29, 1.82) is 0 Å². The lowest BCUT2D eigenvalue weighted by Crippen LogP contribution is -2.19. The molecule has 1 N–H and O–H groups in total. The highest BCUT2D eigenvalue weighted by atomic mass is 32.1. The zero-order valence-electron chi connectivity index (χ0n) is 21.2. The maximum atomic E-state index is 14.7. The number of halogens is 1. The van der Waals surface area contributed by atoms with Gasteiger partial charge in [0.15, 0.2) is 0 Å². The Balaban J connectivity index is 1.56. The molecule has 7 nitrogen and oxygen atoms in total. The van der Waals surface area contributed by atoms with Crippen molar-refractivity contribution in [2.75, 3.05) is 7.05 Å². The van der Waals surface area contributed by atoms with Crippen molar-refractivity contribution < 1.29 is 9.18 Å². The number of benzene rings is 3. The molecule has 3 aromatic carbocycles. The van der Waals surface area contributed by atoms with Gasteiger partial charge < -0.3 is 5.32 Å². The number of carbonyl (C=O) groups excluding carboxylic acids is 1. The van der Waals surface area contributed by atoms with Crippen LogP contribution in [0.15, 0.2) is 70.8 Å². The number of hydrogen-bond acceptors (Lipinski definition) is 4. The number of fused-ring (bicyclic) bond motifs is 2. The molecule has 0 radical (unpaired) electrons. The molecule has 0 atom stereocenters. The van der Waals surface area contributed by atoms with Gasteiger partial charge in [-0.2, -0.15) is 0 Å². The normalized spacial score (nSPS) is 11.5. The van der Waals surface area contributed by atoms with E-state index in [1.807, 2.05) is 41.8 Å². The number of rotatable bonds is 4. The summed E-state index contributed by atoms with van der Waals surface area (Å²) in [6, 6.07) is 18.4. The quantitative estimate of drug-likeness (QED) is 0.334. The molecule has 3 heterocycles. The number of hydrogen-bond donors (Lipinski definition) is 1. The van der Waals surface area contributed by atoms with Crippen LogP contribution in [0.4, 0.5) is 4.39 Å². The van der Waals surface area contributed by atoms with Gasteiger partial charge in [0.25, 0.3) is 5.91 Å². The second-order valence-electron chi connectivity index (χ2n) is 9.21. The molecule has 0 fully saturated rings. The van der Waals surface area contributed by atoms with Crippen LogP contribution in [0.25, 0.3) is 50.3 Å². The van der Waals surface area contributed by atoms with E-state index in [9.17, 15) is 14.0 Å². The minimum atomic E-state index is -0.580. The monoisotopic (exact) mass is 525 g/mol. The minimum Gasteiger partial charge on any atom is -0.355 e. The number of imidazole rings is 2. The summed E-state index contributed by atoms with van der Waals surface area (Å²) in [7, 11) is 5.01. The SMILES string of the molecule is CNC(=O)c1ccc(-c2ccc3c(c2)nc(-c2ccsc2C)n3-c2ccc3c(c2)n(C)c(=O)n3C)cc1F. The van der Waals surface area contributed by atoms with Gasteiger partial charge in [0, 0.05) is 37.3 Å². The number of carbonyl (C=O) groups is 1. The van der Waals surface area contributed by atoms with Crippen LogP contribution >= 0.6 is 11.3 Å². The molecule has 0 spiro atoms. The Labute approximate surface area is 221 Å². The van der Waals surface area contributed by atoms with Gasteiger partial charge in [-0.3, -0.25) is 18.5 Å². The predicted octanol–water partition coefficient (Wildman–Crippen LogP) is 5.42. The Kier molecular flexibility index (Phi) is 5.53. The molecule has 6 aromatic rings. The molecule has 0 aliphatic carbocycles. The minimum absolute atomic E-state index is 0.00234. The average molecular weight is 526 g/mol. The van der Waals surface area contributed by atoms with E-state index in [2.05, 4.69) is 22.9 Å². The van der Waals surface area contributed by atoms with Crippen LogP contribution in [0.2, 0.25) is 0 Å². The Morgan fingerprint density at radius 2 is 1.63 bits per heavy atom. The molecule has 0 saturated carbocycles. The molecule has 9 heteroatoms. The number of nitrogens with zero attached hydrogens (tertiary/aromatic N) is 4. The van der Waals surface area contributed by atoms with Gasteiger partial charge in [0.2, 0.25) is 0 Å². The van der Waals surface area contributed by atoms with Crippen LogP contribution in [0, 0.1) is 12.7 Å². The standard InChI is InChI=1S/C29H24FN5O2S/c1-16-20(11-12-38-16)27-32-23-14-18(17-5-8-21(22(30)13-17)28(36)31-2)6-9-24(23)35(27)19-7-10-25-26(15-19)34(4)29(37)33(25)3/h5-15H,1-4H3,(H,31,36). The number of aromatic nitrogens is 4. The molecule has 0 aliphatic heterocycles. The Bertz CT molecular complexity index is 1960. The molecular weight excluding hydrogens is 501 g/mol. The second-order valence-corrected chi connectivity index (χ2v) is 10.3. The Morgan fingerprint density at radius 1 is 0.921 bits per heavy atom. The number of thiophene rings is 1. The summed E-state index contributed by atoms with van der Waals surface area (Å²) in [5.41, 5.74) is 6.59. The lowest BCUT2D eigenvalue weighted by atomic mass is 10.0. The third-order valence-electron chi connectivity index (χ3n) is 7.04. The molecule has 0 aliphatic rings. The molecule has 1 amide bonds. The molecule has 38 heavy (non-hydrogen) atoms. The molecule has 190 valence electrons. The van der Waals surface area contributed by atoms with Crippen molar-refractivity contribution in [3.8, 4) is 28.2 Å². The largest absolute Gasteiger partial charge is 0.355 e. The molecular formula is C29H24FN5O2S. The molecule has 6 rings (SSSR count). The second kappa shape index (κ2) is 8.81. The first-order chi connectivity index (χ1) is 18.3. The van der Waals surface area contributed by atoms with Gasteiger partial charge in [-0.05, 0) is 72.0 Å². The first-order valence-electron chi connectivity index (χ1n) is 12.0. The topological polar surface area (TPSA) is 73.8 Å². The maximum absolute atomic E-state index is 14.7. The van der Waals surface area contributed by atoms with Crippen molar-refractivity contribution in [1.82, 2.24) is 24.0 Å². The van der Waals surface area contributed by atoms with E-state index >= 15 is 0 Å². The summed E-state index contributed by atoms with van der Waals surface area (Å²) in [5, 5.41) is 4.50. The van der Waals surface area contributed by atoms with Gasteiger partial charge in [-0.15, -0.1) is 11.3 Å². The van der Waals surface area contributed by atoms with Crippen molar-refractivity contribution in [3.63, 3.8) is 0 Å². The average Bonchev–Trinajstić information content (AvgIpc) is 3.58. The molecule has 3 aromatic heterocycles. The van der Waals surface area contributed by atoms with Gasteiger partial charge in [0.05, 0.1) is 27.6 Å². The number of amides is 1. The summed E-state index contributed by atoms with van der Waals surface area (Å²) in [4.78, 5) is 30.6. The fourth-order valence-electron chi connectivity index (χ4n) is 4.97. The fraction of sp³-hybridized carbons (Fsp3) is 0.138. The highest BCUT2D eigenvalue weighted by Gasteiger charge is 2.19. The molecule has 0 bridgehead atoms. The summed E-state index contributed by atoms with van der Waals surface area (Å²) in [6.07, 6.45) is 0. The number of aryl methyl sites for hydroxylation is 3. The van der Waals surface area contributed by atoms with E-state index in [4.69, 9.17) is 4.98 Å². The van der Waals surface area contributed by atoms with Crippen molar-refractivity contribution in [3.05, 3.63) is 92.8 Å². The highest BCUT2D eigenvalue weighted by Crippen LogP contribution is 2.35. The molecule has 0 unspecified atom stereocenters. The fourth-order valence-corrected chi connectivity index (χ4v) is 5.66. The van der Waals surface area contributed by atoms with Gasteiger partial charge in [0.1, 0.15) is 11.6 Å². The van der Waals surface area contributed by atoms with Crippen LogP contribution in [0.1, 0.15) is 15.2 Å². The van der Waals surface area contributed by atoms with E-state index in [-0.39, 0.29) is 11.3 Å². The third kappa shape index (κ3) is 3.58. The Morgan fingerprint density at radius 3 is 2.34 bits per heavy atom. The third-order valence-corrected chi connectivity index (χ3v) is 7.89. The zero-order chi connectivity index (χ0) is 26.7. The smallest absolute Gasteiger partial charge is 0.328 e. The lowest BCUT2D eigenvalue weighted by Gasteiger charge is -2.11. The molecule has 0 saturated heterocycles. The van der Waals surface area contributed by atoms with Crippen LogP contribution in [-0.4, -0.2) is 31.6 Å².